The number of nitrogens with one attached hydrogen (secondary N) is 2. The minimum absolute atomic E-state index is 0.0596. The molecule has 4 nitrogen and oxygen atoms in total. The van der Waals surface area contributed by atoms with E-state index >= 15 is 0 Å². The Morgan fingerprint density at radius 1 is 1.53 bits per heavy atom. The summed E-state index contributed by atoms with van der Waals surface area (Å²) in [4.78, 5) is 11.7. The van der Waals surface area contributed by atoms with Crippen molar-refractivity contribution in [2.24, 2.45) is 0 Å². The predicted molar refractivity (Wildman–Crippen MR) is 75.7 cm³/mol. The summed E-state index contributed by atoms with van der Waals surface area (Å²) >= 11 is 12.1. The molecule has 6 heteroatoms. The third-order valence-corrected chi connectivity index (χ3v) is 4.09. The van der Waals surface area contributed by atoms with Gasteiger partial charge in [0.05, 0.1) is 28.7 Å². The summed E-state index contributed by atoms with van der Waals surface area (Å²) in [5.74, 6) is 0. The van der Waals surface area contributed by atoms with Crippen molar-refractivity contribution in [3.63, 3.8) is 0 Å². The molecule has 1 aliphatic carbocycles. The Morgan fingerprint density at radius 3 is 2.95 bits per heavy atom. The maximum atomic E-state index is 11.7. The molecule has 0 saturated heterocycles. The summed E-state index contributed by atoms with van der Waals surface area (Å²) in [6, 6.07) is 3.03. The van der Waals surface area contributed by atoms with E-state index in [1.54, 1.807) is 13.0 Å². The zero-order chi connectivity index (χ0) is 14.0. The summed E-state index contributed by atoms with van der Waals surface area (Å²) in [5, 5.41) is 15.6. The van der Waals surface area contributed by atoms with Crippen molar-refractivity contribution in [2.45, 2.75) is 31.8 Å². The van der Waals surface area contributed by atoms with E-state index in [4.69, 9.17) is 28.3 Å². The number of hydrogen-bond acceptors (Lipinski definition) is 2. The van der Waals surface area contributed by atoms with Crippen LogP contribution in [0.3, 0.4) is 0 Å². The van der Waals surface area contributed by atoms with Crippen LogP contribution in [0, 0.1) is 0 Å². The Bertz CT molecular complexity index is 494. The molecule has 2 atom stereocenters. The number of benzene rings is 1. The molecule has 3 N–H and O–H groups in total. The maximum absolute atomic E-state index is 11.7. The van der Waals surface area contributed by atoms with Crippen molar-refractivity contribution in [1.82, 2.24) is 10.6 Å². The van der Waals surface area contributed by atoms with Crippen LogP contribution < -0.4 is 10.6 Å². The molecule has 0 radical (unpaired) electrons. The molecule has 0 fully saturated rings. The third kappa shape index (κ3) is 3.14. The summed E-state index contributed by atoms with van der Waals surface area (Å²) < 4.78 is 0. The van der Waals surface area contributed by atoms with Gasteiger partial charge in [0.25, 0.3) is 0 Å². The lowest BCUT2D eigenvalue weighted by atomic mass is 10.1. The van der Waals surface area contributed by atoms with Crippen molar-refractivity contribution in [2.75, 3.05) is 6.61 Å². The lowest BCUT2D eigenvalue weighted by molar-refractivity contribution is 0.217. The second-order valence-corrected chi connectivity index (χ2v) is 5.51. The average Bonchev–Trinajstić information content (AvgIpc) is 2.77. The van der Waals surface area contributed by atoms with Gasteiger partial charge in [0.15, 0.2) is 0 Å². The first-order chi connectivity index (χ1) is 9.02. The van der Waals surface area contributed by atoms with Crippen LogP contribution >= 0.6 is 23.2 Å². The Morgan fingerprint density at radius 2 is 2.26 bits per heavy atom. The van der Waals surface area contributed by atoms with Gasteiger partial charge in [0.1, 0.15) is 0 Å². The number of halogens is 2. The molecule has 104 valence electrons. The quantitative estimate of drug-likeness (QED) is 0.804. The highest BCUT2D eigenvalue weighted by atomic mass is 35.5. The number of aliphatic hydroxyl groups excluding tert-OH is 1. The second kappa shape index (κ2) is 5.99. The average molecular weight is 303 g/mol. The zero-order valence-electron chi connectivity index (χ0n) is 10.5. The number of carbonyl (C=O) groups excluding carboxylic acids is 1. The number of aliphatic hydroxyl groups is 1. The number of urea groups is 1. The normalized spacial score (nSPS) is 18.8. The summed E-state index contributed by atoms with van der Waals surface area (Å²) in [7, 11) is 0. The molecule has 19 heavy (non-hydrogen) atoms. The lowest BCUT2D eigenvalue weighted by Crippen LogP contribution is -2.43. The van der Waals surface area contributed by atoms with Crippen LogP contribution in [0.4, 0.5) is 4.79 Å². The second-order valence-electron chi connectivity index (χ2n) is 4.72. The maximum Gasteiger partial charge on any atom is 0.315 e. The Kier molecular flexibility index (Phi) is 4.55. The van der Waals surface area contributed by atoms with Crippen molar-refractivity contribution >= 4 is 29.2 Å². The van der Waals surface area contributed by atoms with E-state index in [-0.39, 0.29) is 24.7 Å². The molecule has 0 bridgehead atoms. The minimum Gasteiger partial charge on any atom is -0.394 e. The number of rotatable bonds is 3. The molecular formula is C13H16Cl2N2O2. The Labute approximate surface area is 122 Å². The largest absolute Gasteiger partial charge is 0.394 e. The molecule has 1 aromatic rings. The Hall–Kier alpha value is -0.970. The van der Waals surface area contributed by atoms with Crippen LogP contribution in [0.25, 0.3) is 0 Å². The van der Waals surface area contributed by atoms with Crippen molar-refractivity contribution in [1.29, 1.82) is 0 Å². The first-order valence-electron chi connectivity index (χ1n) is 6.17. The van der Waals surface area contributed by atoms with Gasteiger partial charge in [-0.05, 0) is 37.0 Å². The first-order valence-corrected chi connectivity index (χ1v) is 6.93. The lowest BCUT2D eigenvalue weighted by Gasteiger charge is -2.17. The van der Waals surface area contributed by atoms with E-state index in [1.165, 1.54) is 0 Å². The van der Waals surface area contributed by atoms with Gasteiger partial charge in [0, 0.05) is 0 Å². The van der Waals surface area contributed by atoms with Crippen LogP contribution in [-0.4, -0.2) is 23.8 Å². The highest BCUT2D eigenvalue weighted by Gasteiger charge is 2.26. The van der Waals surface area contributed by atoms with E-state index in [0.717, 1.165) is 24.0 Å². The van der Waals surface area contributed by atoms with E-state index in [0.29, 0.717) is 10.0 Å². The fourth-order valence-electron chi connectivity index (χ4n) is 2.25. The van der Waals surface area contributed by atoms with Gasteiger partial charge >= 0.3 is 6.03 Å². The molecule has 2 rings (SSSR count). The van der Waals surface area contributed by atoms with Crippen LogP contribution in [0.5, 0.6) is 0 Å². The highest BCUT2D eigenvalue weighted by Crippen LogP contribution is 2.38. The highest BCUT2D eigenvalue weighted by molar-refractivity contribution is 6.42. The van der Waals surface area contributed by atoms with Crippen LogP contribution in [-0.2, 0) is 6.42 Å². The SMILES string of the molecule is C[C@@H](CO)NC(=O)NC1CCc2c1ccc(Cl)c2Cl. The van der Waals surface area contributed by atoms with Crippen LogP contribution in [0.1, 0.15) is 30.5 Å². The smallest absolute Gasteiger partial charge is 0.315 e. The van der Waals surface area contributed by atoms with Gasteiger partial charge in [-0.2, -0.15) is 0 Å². The number of amides is 2. The summed E-state index contributed by atoms with van der Waals surface area (Å²) in [6.07, 6.45) is 1.60. The molecule has 0 spiro atoms. The molecule has 0 heterocycles. The summed E-state index contributed by atoms with van der Waals surface area (Å²) in [5.41, 5.74) is 2.02. The number of carbonyl (C=O) groups is 1. The molecule has 2 amide bonds. The molecule has 0 aliphatic heterocycles. The van der Waals surface area contributed by atoms with Gasteiger partial charge in [-0.1, -0.05) is 29.3 Å². The number of hydrogen-bond donors (Lipinski definition) is 3. The van der Waals surface area contributed by atoms with Crippen LogP contribution in [0.15, 0.2) is 12.1 Å². The van der Waals surface area contributed by atoms with E-state index in [1.807, 2.05) is 6.07 Å². The third-order valence-electron chi connectivity index (χ3n) is 3.25. The molecule has 1 unspecified atom stereocenters. The standard InChI is InChI=1S/C13H16Cl2N2O2/c1-7(6-18)16-13(19)17-11-5-3-9-8(11)2-4-10(14)12(9)15/h2,4,7,11,18H,3,5-6H2,1H3,(H2,16,17,19)/t7-,11?/m0/s1. The topological polar surface area (TPSA) is 61.4 Å². The van der Waals surface area contributed by atoms with Gasteiger partial charge in [-0.15, -0.1) is 0 Å². The minimum atomic E-state index is -0.287. The molecule has 0 aromatic heterocycles. The number of fused-ring (bicyclic) bond motifs is 1. The van der Waals surface area contributed by atoms with E-state index in [2.05, 4.69) is 10.6 Å². The fourth-order valence-corrected chi connectivity index (χ4v) is 2.70. The van der Waals surface area contributed by atoms with E-state index in [9.17, 15) is 4.79 Å². The molecule has 1 aromatic carbocycles. The van der Waals surface area contributed by atoms with E-state index < -0.39 is 0 Å². The van der Waals surface area contributed by atoms with Gasteiger partial charge in [-0.3, -0.25) is 0 Å². The van der Waals surface area contributed by atoms with Gasteiger partial charge in [0.2, 0.25) is 0 Å². The predicted octanol–water partition coefficient (Wildman–Crippen LogP) is 2.66. The first kappa shape index (κ1) is 14.4. The molecule has 1 aliphatic rings. The van der Waals surface area contributed by atoms with Crippen molar-refractivity contribution < 1.29 is 9.90 Å². The molecule has 0 saturated carbocycles. The monoisotopic (exact) mass is 302 g/mol. The van der Waals surface area contributed by atoms with Gasteiger partial charge in [-0.25, -0.2) is 4.79 Å². The van der Waals surface area contributed by atoms with Crippen LogP contribution in [0.2, 0.25) is 10.0 Å². The van der Waals surface area contributed by atoms with Crippen molar-refractivity contribution in [3.8, 4) is 0 Å². The summed E-state index contributed by atoms with van der Waals surface area (Å²) in [6.45, 7) is 1.65. The molecular weight excluding hydrogens is 287 g/mol. The fraction of sp³-hybridized carbons (Fsp3) is 0.462. The van der Waals surface area contributed by atoms with Gasteiger partial charge < -0.3 is 15.7 Å². The van der Waals surface area contributed by atoms with Crippen molar-refractivity contribution in [3.05, 3.63) is 33.3 Å². The zero-order valence-corrected chi connectivity index (χ0v) is 12.1. The Balaban J connectivity index is 2.07.